The molecule has 0 N–H and O–H groups in total. The summed E-state index contributed by atoms with van der Waals surface area (Å²) in [6, 6.07) is 5.93. The fourth-order valence-electron chi connectivity index (χ4n) is 3.79. The number of pyridine rings is 1. The SMILES string of the molecule is Cc1ccc2oc(C(=O)N3C[C@H](C)[C@@H](N4CCOCC4)C3)cc2n1. The van der Waals surface area contributed by atoms with Crippen LogP contribution >= 0.6 is 0 Å². The molecule has 0 spiro atoms. The Labute approximate surface area is 141 Å². The molecule has 0 saturated carbocycles. The molecule has 0 bridgehead atoms. The molecule has 0 unspecified atom stereocenters. The third-order valence-corrected chi connectivity index (χ3v) is 5.10. The second-order valence-electron chi connectivity index (χ2n) is 6.85. The van der Waals surface area contributed by atoms with Gasteiger partial charge in [0.1, 0.15) is 5.52 Å². The van der Waals surface area contributed by atoms with Gasteiger partial charge in [0.05, 0.1) is 13.2 Å². The van der Waals surface area contributed by atoms with E-state index in [4.69, 9.17) is 9.15 Å². The first kappa shape index (κ1) is 15.6. The number of rotatable bonds is 2. The maximum atomic E-state index is 12.8. The Morgan fingerprint density at radius 2 is 2.04 bits per heavy atom. The average Bonchev–Trinajstić information content (AvgIpc) is 3.18. The molecular weight excluding hydrogens is 306 g/mol. The molecule has 4 rings (SSSR count). The summed E-state index contributed by atoms with van der Waals surface area (Å²) >= 11 is 0. The molecule has 0 radical (unpaired) electrons. The summed E-state index contributed by atoms with van der Waals surface area (Å²) in [5, 5.41) is 0. The molecule has 4 heterocycles. The standard InChI is InChI=1S/C18H23N3O3/c1-12-10-21(11-15(12)20-5-7-23-8-6-20)18(22)17-9-14-16(24-17)4-3-13(2)19-14/h3-4,9,12,15H,5-8,10-11H2,1-2H3/t12-,15-/m0/s1. The Kier molecular flexibility index (Phi) is 4.02. The number of carbonyl (C=O) groups is 1. The van der Waals surface area contributed by atoms with Crippen LogP contribution < -0.4 is 0 Å². The topological polar surface area (TPSA) is 58.8 Å². The summed E-state index contributed by atoms with van der Waals surface area (Å²) in [6.45, 7) is 9.14. The molecule has 128 valence electrons. The first-order valence-electron chi connectivity index (χ1n) is 8.60. The highest BCUT2D eigenvalue weighted by atomic mass is 16.5. The molecule has 2 fully saturated rings. The van der Waals surface area contributed by atoms with Gasteiger partial charge in [-0.15, -0.1) is 0 Å². The zero-order chi connectivity index (χ0) is 16.7. The van der Waals surface area contributed by atoms with E-state index in [2.05, 4.69) is 16.8 Å². The smallest absolute Gasteiger partial charge is 0.289 e. The highest BCUT2D eigenvalue weighted by Gasteiger charge is 2.37. The van der Waals surface area contributed by atoms with Gasteiger partial charge in [0, 0.05) is 44.0 Å². The Bertz CT molecular complexity index is 751. The molecule has 6 heteroatoms. The van der Waals surface area contributed by atoms with Crippen LogP contribution in [0.2, 0.25) is 0 Å². The molecule has 2 atom stereocenters. The van der Waals surface area contributed by atoms with Gasteiger partial charge in [-0.25, -0.2) is 4.98 Å². The normalized spacial score (nSPS) is 25.5. The van der Waals surface area contributed by atoms with E-state index in [1.54, 1.807) is 6.07 Å². The van der Waals surface area contributed by atoms with E-state index in [0.29, 0.717) is 23.3 Å². The van der Waals surface area contributed by atoms with Crippen molar-refractivity contribution in [3.8, 4) is 0 Å². The molecule has 1 amide bonds. The third kappa shape index (κ3) is 2.80. The number of aromatic nitrogens is 1. The van der Waals surface area contributed by atoms with Crippen molar-refractivity contribution in [1.29, 1.82) is 0 Å². The number of furan rings is 1. The van der Waals surface area contributed by atoms with Crippen molar-refractivity contribution >= 4 is 17.0 Å². The van der Waals surface area contributed by atoms with Crippen molar-refractivity contribution in [2.24, 2.45) is 5.92 Å². The average molecular weight is 329 g/mol. The Hall–Kier alpha value is -1.92. The highest BCUT2D eigenvalue weighted by Crippen LogP contribution is 2.26. The predicted molar refractivity (Wildman–Crippen MR) is 90.0 cm³/mol. The number of nitrogens with zero attached hydrogens (tertiary/aromatic N) is 3. The van der Waals surface area contributed by atoms with Crippen molar-refractivity contribution in [2.45, 2.75) is 19.9 Å². The number of morpholine rings is 1. The van der Waals surface area contributed by atoms with Gasteiger partial charge in [-0.1, -0.05) is 6.92 Å². The fourth-order valence-corrected chi connectivity index (χ4v) is 3.79. The molecule has 2 aromatic heterocycles. The van der Waals surface area contributed by atoms with E-state index in [1.165, 1.54) is 0 Å². The van der Waals surface area contributed by atoms with Crippen molar-refractivity contribution in [2.75, 3.05) is 39.4 Å². The van der Waals surface area contributed by atoms with Crippen LogP contribution in [0.4, 0.5) is 0 Å². The van der Waals surface area contributed by atoms with Crippen LogP contribution in [-0.4, -0.2) is 66.1 Å². The van der Waals surface area contributed by atoms with E-state index in [9.17, 15) is 4.79 Å². The van der Waals surface area contributed by atoms with Crippen molar-refractivity contribution in [3.63, 3.8) is 0 Å². The van der Waals surface area contributed by atoms with Crippen molar-refractivity contribution in [1.82, 2.24) is 14.8 Å². The van der Waals surface area contributed by atoms with Gasteiger partial charge < -0.3 is 14.1 Å². The van der Waals surface area contributed by atoms with Crippen LogP contribution in [0.5, 0.6) is 0 Å². The Morgan fingerprint density at radius 1 is 1.25 bits per heavy atom. The summed E-state index contributed by atoms with van der Waals surface area (Å²) in [7, 11) is 0. The van der Waals surface area contributed by atoms with E-state index in [0.717, 1.165) is 50.6 Å². The lowest BCUT2D eigenvalue weighted by atomic mass is 10.0. The number of carbonyl (C=O) groups excluding carboxylic acids is 1. The number of fused-ring (bicyclic) bond motifs is 1. The van der Waals surface area contributed by atoms with Gasteiger partial charge in [-0.3, -0.25) is 9.69 Å². The molecule has 2 aliphatic heterocycles. The summed E-state index contributed by atoms with van der Waals surface area (Å²) in [5.74, 6) is 0.808. The van der Waals surface area contributed by atoms with Gasteiger partial charge in [0.25, 0.3) is 5.91 Å². The molecule has 2 aromatic rings. The van der Waals surface area contributed by atoms with E-state index in [-0.39, 0.29) is 5.91 Å². The molecule has 6 nitrogen and oxygen atoms in total. The second-order valence-corrected chi connectivity index (χ2v) is 6.85. The van der Waals surface area contributed by atoms with Crippen LogP contribution in [0.15, 0.2) is 22.6 Å². The summed E-state index contributed by atoms with van der Waals surface area (Å²) in [4.78, 5) is 21.6. The van der Waals surface area contributed by atoms with Crippen LogP contribution in [-0.2, 0) is 4.74 Å². The number of likely N-dealkylation sites (tertiary alicyclic amines) is 1. The zero-order valence-electron chi connectivity index (χ0n) is 14.2. The van der Waals surface area contributed by atoms with Gasteiger partial charge in [-0.05, 0) is 25.0 Å². The summed E-state index contributed by atoms with van der Waals surface area (Å²) in [5.41, 5.74) is 2.33. The quantitative estimate of drug-likeness (QED) is 0.842. The zero-order valence-corrected chi connectivity index (χ0v) is 14.2. The van der Waals surface area contributed by atoms with Crippen LogP contribution in [0.3, 0.4) is 0 Å². The minimum atomic E-state index is -0.0340. The summed E-state index contributed by atoms with van der Waals surface area (Å²) in [6.07, 6.45) is 0. The maximum absolute atomic E-state index is 12.8. The Balaban J connectivity index is 1.51. The lowest BCUT2D eigenvalue weighted by Crippen LogP contribution is -2.47. The van der Waals surface area contributed by atoms with Gasteiger partial charge in [0.15, 0.2) is 11.3 Å². The monoisotopic (exact) mass is 329 g/mol. The molecule has 2 saturated heterocycles. The third-order valence-electron chi connectivity index (χ3n) is 5.10. The lowest BCUT2D eigenvalue weighted by molar-refractivity contribution is 0.0119. The number of hydrogen-bond donors (Lipinski definition) is 0. The van der Waals surface area contributed by atoms with Gasteiger partial charge in [-0.2, -0.15) is 0 Å². The molecule has 0 aromatic carbocycles. The van der Waals surface area contributed by atoms with E-state index >= 15 is 0 Å². The molecule has 2 aliphatic rings. The minimum absolute atomic E-state index is 0.0340. The largest absolute Gasteiger partial charge is 0.449 e. The van der Waals surface area contributed by atoms with Crippen molar-refractivity contribution in [3.05, 3.63) is 29.7 Å². The van der Waals surface area contributed by atoms with Crippen LogP contribution in [0.25, 0.3) is 11.1 Å². The van der Waals surface area contributed by atoms with E-state index in [1.807, 2.05) is 24.0 Å². The van der Waals surface area contributed by atoms with Gasteiger partial charge in [0.2, 0.25) is 0 Å². The number of ether oxygens (including phenoxy) is 1. The second kappa shape index (κ2) is 6.18. The highest BCUT2D eigenvalue weighted by molar-refractivity contribution is 5.95. The number of hydrogen-bond acceptors (Lipinski definition) is 5. The Morgan fingerprint density at radius 3 is 2.83 bits per heavy atom. The number of aryl methyl sites for hydroxylation is 1. The van der Waals surface area contributed by atoms with E-state index < -0.39 is 0 Å². The summed E-state index contributed by atoms with van der Waals surface area (Å²) < 4.78 is 11.2. The lowest BCUT2D eigenvalue weighted by Gasteiger charge is -2.33. The molecule has 0 aliphatic carbocycles. The van der Waals surface area contributed by atoms with Crippen LogP contribution in [0.1, 0.15) is 23.2 Å². The predicted octanol–water partition coefficient (Wildman–Crippen LogP) is 1.93. The van der Waals surface area contributed by atoms with Gasteiger partial charge >= 0.3 is 0 Å². The molecular formula is C18H23N3O3. The minimum Gasteiger partial charge on any atom is -0.449 e. The fraction of sp³-hybridized carbons (Fsp3) is 0.556. The van der Waals surface area contributed by atoms with Crippen LogP contribution in [0, 0.1) is 12.8 Å². The first-order valence-corrected chi connectivity index (χ1v) is 8.60. The first-order chi connectivity index (χ1) is 11.6. The number of amides is 1. The maximum Gasteiger partial charge on any atom is 0.289 e. The van der Waals surface area contributed by atoms with Crippen molar-refractivity contribution < 1.29 is 13.9 Å². The molecule has 24 heavy (non-hydrogen) atoms.